The van der Waals surface area contributed by atoms with Crippen molar-refractivity contribution in [3.05, 3.63) is 34.9 Å². The predicted octanol–water partition coefficient (Wildman–Crippen LogP) is 3.78. The quantitative estimate of drug-likeness (QED) is 0.760. The Balaban J connectivity index is 3.55. The van der Waals surface area contributed by atoms with Gasteiger partial charge in [-0.25, -0.2) is 0 Å². The van der Waals surface area contributed by atoms with Gasteiger partial charge in [-0.3, -0.25) is 0 Å². The number of aliphatic hydroxyl groups excluding tert-OH is 1. The molecular formula is C10H8F6O. The van der Waals surface area contributed by atoms with Crippen LogP contribution in [-0.4, -0.2) is 5.11 Å². The van der Waals surface area contributed by atoms with Gasteiger partial charge in [0.1, 0.15) is 0 Å². The van der Waals surface area contributed by atoms with E-state index in [4.69, 9.17) is 5.11 Å². The lowest BCUT2D eigenvalue weighted by molar-refractivity contribution is -0.146. The van der Waals surface area contributed by atoms with Crippen molar-refractivity contribution in [1.82, 2.24) is 0 Å². The molecular weight excluding hydrogens is 250 g/mol. The molecule has 1 nitrogen and oxygen atoms in total. The molecule has 0 heterocycles. The van der Waals surface area contributed by atoms with Crippen LogP contribution in [-0.2, 0) is 12.4 Å². The summed E-state index contributed by atoms with van der Waals surface area (Å²) in [6.07, 6.45) is -11.7. The van der Waals surface area contributed by atoms with E-state index >= 15 is 0 Å². The van der Waals surface area contributed by atoms with Gasteiger partial charge in [0.05, 0.1) is 17.2 Å². The first kappa shape index (κ1) is 13.8. The van der Waals surface area contributed by atoms with Crippen LogP contribution in [0.5, 0.6) is 0 Å². The van der Waals surface area contributed by atoms with Gasteiger partial charge >= 0.3 is 12.4 Å². The van der Waals surface area contributed by atoms with Crippen LogP contribution in [0.1, 0.15) is 29.7 Å². The summed E-state index contributed by atoms with van der Waals surface area (Å²) >= 11 is 0. The lowest BCUT2D eigenvalue weighted by Gasteiger charge is -2.20. The molecule has 0 radical (unpaired) electrons. The average molecular weight is 258 g/mol. The second-order valence-corrected chi connectivity index (χ2v) is 3.44. The molecule has 0 bridgehead atoms. The van der Waals surface area contributed by atoms with Gasteiger partial charge in [-0.05, 0) is 19.1 Å². The van der Waals surface area contributed by atoms with E-state index in [0.29, 0.717) is 18.2 Å². The highest BCUT2D eigenvalue weighted by molar-refractivity contribution is 5.40. The van der Waals surface area contributed by atoms with Crippen molar-refractivity contribution < 1.29 is 31.4 Å². The number of alkyl halides is 6. The van der Waals surface area contributed by atoms with E-state index in [1.807, 2.05) is 0 Å². The lowest BCUT2D eigenvalue weighted by Crippen LogP contribution is -2.18. The van der Waals surface area contributed by atoms with Gasteiger partial charge in [-0.15, -0.1) is 0 Å². The zero-order valence-electron chi connectivity index (χ0n) is 8.52. The molecule has 0 saturated carbocycles. The van der Waals surface area contributed by atoms with Crippen LogP contribution < -0.4 is 0 Å². The zero-order chi connectivity index (χ0) is 13.4. The van der Waals surface area contributed by atoms with Crippen molar-refractivity contribution in [2.45, 2.75) is 25.4 Å². The fraction of sp³-hybridized carbons (Fsp3) is 0.400. The second-order valence-electron chi connectivity index (χ2n) is 3.44. The molecule has 1 rings (SSSR count). The first-order valence-corrected chi connectivity index (χ1v) is 4.50. The van der Waals surface area contributed by atoms with Crippen LogP contribution in [0.3, 0.4) is 0 Å². The summed E-state index contributed by atoms with van der Waals surface area (Å²) in [5.41, 5.74) is -4.09. The van der Waals surface area contributed by atoms with Crippen molar-refractivity contribution >= 4 is 0 Å². The van der Waals surface area contributed by atoms with Gasteiger partial charge in [0.25, 0.3) is 0 Å². The average Bonchev–Trinajstić information content (AvgIpc) is 2.13. The maximum atomic E-state index is 12.5. The highest BCUT2D eigenvalue weighted by atomic mass is 19.4. The number of benzene rings is 1. The molecule has 1 N–H and O–H groups in total. The molecule has 7 heteroatoms. The minimum Gasteiger partial charge on any atom is -0.389 e. The van der Waals surface area contributed by atoms with E-state index in [2.05, 4.69) is 0 Å². The first-order valence-electron chi connectivity index (χ1n) is 4.50. The summed E-state index contributed by atoms with van der Waals surface area (Å²) in [6, 6.07) is 1.69. The van der Waals surface area contributed by atoms with E-state index in [0.717, 1.165) is 6.92 Å². The summed E-state index contributed by atoms with van der Waals surface area (Å²) in [5, 5.41) is 9.11. The second kappa shape index (κ2) is 4.21. The Bertz CT molecular complexity index is 372. The van der Waals surface area contributed by atoms with E-state index < -0.39 is 35.1 Å². The Labute approximate surface area is 92.7 Å². The molecule has 1 aromatic carbocycles. The third kappa shape index (κ3) is 2.91. The molecule has 0 amide bonds. The summed E-state index contributed by atoms with van der Waals surface area (Å²) in [6.45, 7) is 0.861. The first-order chi connectivity index (χ1) is 7.55. The van der Waals surface area contributed by atoms with Crippen LogP contribution in [0.2, 0.25) is 0 Å². The molecule has 0 aliphatic rings. The molecule has 0 saturated heterocycles. The molecule has 0 aliphatic heterocycles. The fourth-order valence-electron chi connectivity index (χ4n) is 1.51. The monoisotopic (exact) mass is 258 g/mol. The Hall–Kier alpha value is -1.24. The topological polar surface area (TPSA) is 20.2 Å². The maximum Gasteiger partial charge on any atom is 0.416 e. The minimum absolute atomic E-state index is 0.511. The highest BCUT2D eigenvalue weighted by Gasteiger charge is 2.41. The van der Waals surface area contributed by atoms with E-state index in [-0.39, 0.29) is 0 Å². The third-order valence-corrected chi connectivity index (χ3v) is 2.13. The Kier molecular flexibility index (Phi) is 3.42. The van der Waals surface area contributed by atoms with Crippen LogP contribution in [0, 0.1) is 0 Å². The SMILES string of the molecule is CC(O)c1c(C(F)(F)F)cccc1C(F)(F)F. The van der Waals surface area contributed by atoms with E-state index in [9.17, 15) is 26.3 Å². The Morgan fingerprint density at radius 3 is 1.53 bits per heavy atom. The normalized spacial score (nSPS) is 14.8. The Morgan fingerprint density at radius 2 is 1.29 bits per heavy atom. The fourth-order valence-corrected chi connectivity index (χ4v) is 1.51. The predicted molar refractivity (Wildman–Crippen MR) is 47.1 cm³/mol. The number of halogens is 6. The summed E-state index contributed by atoms with van der Waals surface area (Å²) in [5.74, 6) is 0. The zero-order valence-corrected chi connectivity index (χ0v) is 8.52. The van der Waals surface area contributed by atoms with Gasteiger partial charge in [-0.2, -0.15) is 26.3 Å². The molecule has 1 unspecified atom stereocenters. The number of hydrogen-bond donors (Lipinski definition) is 1. The maximum absolute atomic E-state index is 12.5. The van der Waals surface area contributed by atoms with Crippen molar-refractivity contribution in [2.24, 2.45) is 0 Å². The van der Waals surface area contributed by atoms with Crippen LogP contribution in [0.25, 0.3) is 0 Å². The minimum atomic E-state index is -4.94. The molecule has 96 valence electrons. The molecule has 17 heavy (non-hydrogen) atoms. The van der Waals surface area contributed by atoms with Crippen molar-refractivity contribution in [1.29, 1.82) is 0 Å². The van der Waals surface area contributed by atoms with Gasteiger partial charge in [-0.1, -0.05) is 6.07 Å². The molecule has 0 fully saturated rings. The van der Waals surface area contributed by atoms with Gasteiger partial charge in [0, 0.05) is 5.56 Å². The van der Waals surface area contributed by atoms with Crippen LogP contribution in [0.4, 0.5) is 26.3 Å². The van der Waals surface area contributed by atoms with E-state index in [1.165, 1.54) is 0 Å². The summed E-state index contributed by atoms with van der Waals surface area (Å²) < 4.78 is 75.0. The van der Waals surface area contributed by atoms with Gasteiger partial charge in [0.2, 0.25) is 0 Å². The number of hydrogen-bond acceptors (Lipinski definition) is 1. The standard InChI is InChI=1S/C10H8F6O/c1-5(17)8-6(9(11,12)13)3-2-4-7(8)10(14,15)16/h2-5,17H,1H3. The van der Waals surface area contributed by atoms with Crippen molar-refractivity contribution in [2.75, 3.05) is 0 Å². The number of aliphatic hydroxyl groups is 1. The van der Waals surface area contributed by atoms with E-state index in [1.54, 1.807) is 0 Å². The molecule has 0 aliphatic carbocycles. The van der Waals surface area contributed by atoms with Crippen molar-refractivity contribution in [3.63, 3.8) is 0 Å². The summed E-state index contributed by atoms with van der Waals surface area (Å²) in [7, 11) is 0. The Morgan fingerprint density at radius 1 is 0.941 bits per heavy atom. The largest absolute Gasteiger partial charge is 0.416 e. The highest BCUT2D eigenvalue weighted by Crippen LogP contribution is 2.41. The third-order valence-electron chi connectivity index (χ3n) is 2.13. The van der Waals surface area contributed by atoms with Gasteiger partial charge < -0.3 is 5.11 Å². The molecule has 1 atom stereocenters. The number of rotatable bonds is 1. The smallest absolute Gasteiger partial charge is 0.389 e. The lowest BCUT2D eigenvalue weighted by atomic mass is 9.96. The molecule has 0 aromatic heterocycles. The van der Waals surface area contributed by atoms with Gasteiger partial charge in [0.15, 0.2) is 0 Å². The molecule has 1 aromatic rings. The molecule has 0 spiro atoms. The van der Waals surface area contributed by atoms with Crippen molar-refractivity contribution in [3.8, 4) is 0 Å². The summed E-state index contributed by atoms with van der Waals surface area (Å²) in [4.78, 5) is 0. The van der Waals surface area contributed by atoms with Crippen LogP contribution >= 0.6 is 0 Å². The van der Waals surface area contributed by atoms with Crippen LogP contribution in [0.15, 0.2) is 18.2 Å².